The summed E-state index contributed by atoms with van der Waals surface area (Å²) in [6.45, 7) is 2.77. The van der Waals surface area contributed by atoms with E-state index in [1.54, 1.807) is 0 Å². The third-order valence-electron chi connectivity index (χ3n) is 5.09. The highest BCUT2D eigenvalue weighted by Gasteiger charge is 2.41. The van der Waals surface area contributed by atoms with E-state index in [-0.39, 0.29) is 28.4 Å². The first kappa shape index (κ1) is 21.4. The number of carbonyl (C=O) groups is 1. The maximum atomic E-state index is 13.8. The van der Waals surface area contributed by atoms with Gasteiger partial charge in [-0.05, 0) is 31.7 Å². The molecule has 3 rings (SSSR count). The smallest absolute Gasteiger partial charge is 0.366 e. The normalized spacial score (nSPS) is 18.3. The van der Waals surface area contributed by atoms with Crippen molar-refractivity contribution in [2.24, 2.45) is 0 Å². The summed E-state index contributed by atoms with van der Waals surface area (Å²) in [7, 11) is 0. The second kappa shape index (κ2) is 8.61. The molecule has 2 aliphatic rings. The zero-order valence-corrected chi connectivity index (χ0v) is 16.7. The van der Waals surface area contributed by atoms with Crippen LogP contribution in [-0.4, -0.2) is 34.9 Å². The predicted molar refractivity (Wildman–Crippen MR) is 105 cm³/mol. The van der Waals surface area contributed by atoms with Crippen LogP contribution in [0.3, 0.4) is 0 Å². The fourth-order valence-electron chi connectivity index (χ4n) is 3.54. The van der Waals surface area contributed by atoms with Crippen LogP contribution in [0.4, 0.5) is 18.9 Å². The number of benzene rings is 1. The molecule has 0 spiro atoms. The number of thioether (sulfide) groups is 1. The molecule has 0 atom stereocenters. The monoisotopic (exact) mass is 426 g/mol. The molecule has 0 saturated carbocycles. The zero-order valence-electron chi connectivity index (χ0n) is 15.9. The van der Waals surface area contributed by atoms with Crippen molar-refractivity contribution < 1.29 is 22.9 Å². The molecule has 5 nitrogen and oxygen atoms in total. The van der Waals surface area contributed by atoms with Crippen LogP contribution in [0.2, 0.25) is 0 Å². The number of nitro benzene ring substituents is 1. The largest absolute Gasteiger partial charge is 0.413 e. The Morgan fingerprint density at radius 3 is 2.31 bits per heavy atom. The maximum Gasteiger partial charge on any atom is 0.413 e. The third kappa shape index (κ3) is 5.01. The number of allylic oxidation sites excluding steroid dienone is 3. The summed E-state index contributed by atoms with van der Waals surface area (Å²) in [4.78, 5) is 24.6. The van der Waals surface area contributed by atoms with E-state index in [0.29, 0.717) is 10.6 Å². The van der Waals surface area contributed by atoms with Crippen molar-refractivity contribution in [1.29, 1.82) is 0 Å². The molecule has 2 heterocycles. The lowest BCUT2D eigenvalue weighted by Crippen LogP contribution is -2.32. The minimum atomic E-state index is -4.54. The van der Waals surface area contributed by atoms with Gasteiger partial charge in [-0.2, -0.15) is 13.2 Å². The maximum absolute atomic E-state index is 13.8. The van der Waals surface area contributed by atoms with Crippen LogP contribution in [0, 0.1) is 10.1 Å². The Bertz CT molecular complexity index is 870. The summed E-state index contributed by atoms with van der Waals surface area (Å²) in [6.07, 6.45) is -1.99. The van der Waals surface area contributed by atoms with Gasteiger partial charge < -0.3 is 4.90 Å². The number of nitrogens with zero attached hydrogens (tertiary/aromatic N) is 2. The molecule has 1 aromatic carbocycles. The first-order valence-corrected chi connectivity index (χ1v) is 10.2. The van der Waals surface area contributed by atoms with E-state index < -0.39 is 23.1 Å². The molecule has 9 heteroatoms. The number of rotatable bonds is 5. The first-order valence-electron chi connectivity index (χ1n) is 9.36. The number of likely N-dealkylation sites (tertiary alicyclic amines) is 1. The van der Waals surface area contributed by atoms with Crippen molar-refractivity contribution in [3.05, 3.63) is 61.0 Å². The highest BCUT2D eigenvalue weighted by Crippen LogP contribution is 2.47. The number of piperidine rings is 1. The van der Waals surface area contributed by atoms with Gasteiger partial charge in [-0.3, -0.25) is 14.9 Å². The van der Waals surface area contributed by atoms with Crippen LogP contribution >= 0.6 is 11.8 Å². The van der Waals surface area contributed by atoms with Gasteiger partial charge in [0.1, 0.15) is 0 Å². The number of alkyl halides is 3. The molecule has 1 aromatic rings. The molecule has 0 aliphatic carbocycles. The van der Waals surface area contributed by atoms with Gasteiger partial charge in [-0.25, -0.2) is 0 Å². The van der Waals surface area contributed by atoms with Gasteiger partial charge in [-0.1, -0.05) is 23.9 Å². The van der Waals surface area contributed by atoms with Crippen LogP contribution in [0.1, 0.15) is 38.2 Å². The van der Waals surface area contributed by atoms with Gasteiger partial charge in [0.25, 0.3) is 5.69 Å². The minimum Gasteiger partial charge on any atom is -0.366 e. The fraction of sp³-hybridized carbons (Fsp3) is 0.450. The Hall–Kier alpha value is -2.29. The van der Waals surface area contributed by atoms with Crippen LogP contribution in [0.5, 0.6) is 0 Å². The standard InChI is InChI=1S/C20H21F3N2O3S/c1-13(26)16-12-17(20(21,22)23)18(29-19(16)24-9-3-2-4-10-24)11-14-5-7-15(8-6-14)25(27)28/h5-8H,2-4,9-12H2,1H3. The first-order chi connectivity index (χ1) is 13.7. The third-order valence-corrected chi connectivity index (χ3v) is 6.43. The fourth-order valence-corrected chi connectivity index (χ4v) is 4.97. The Labute approximate surface area is 170 Å². The lowest BCUT2D eigenvalue weighted by atomic mass is 9.98. The van der Waals surface area contributed by atoms with E-state index in [2.05, 4.69) is 0 Å². The topological polar surface area (TPSA) is 63.5 Å². The van der Waals surface area contributed by atoms with Crippen LogP contribution < -0.4 is 0 Å². The Kier molecular flexibility index (Phi) is 6.36. The van der Waals surface area contributed by atoms with Gasteiger partial charge in [0.2, 0.25) is 0 Å². The van der Waals surface area contributed by atoms with Crippen LogP contribution in [0.25, 0.3) is 0 Å². The van der Waals surface area contributed by atoms with Crippen molar-refractivity contribution >= 4 is 23.2 Å². The second-order valence-corrected chi connectivity index (χ2v) is 8.25. The van der Waals surface area contributed by atoms with E-state index in [0.717, 1.165) is 44.1 Å². The van der Waals surface area contributed by atoms with Gasteiger partial charge in [-0.15, -0.1) is 0 Å². The Balaban J connectivity index is 1.95. The molecule has 0 unspecified atom stereocenters. The summed E-state index contributed by atoms with van der Waals surface area (Å²) in [6, 6.07) is 5.53. The van der Waals surface area contributed by atoms with Crippen molar-refractivity contribution in [3.8, 4) is 0 Å². The minimum absolute atomic E-state index is 0.0139. The van der Waals surface area contributed by atoms with E-state index in [4.69, 9.17) is 0 Å². The average Bonchev–Trinajstić information content (AvgIpc) is 2.67. The summed E-state index contributed by atoms with van der Waals surface area (Å²) >= 11 is 1.03. The Morgan fingerprint density at radius 1 is 1.17 bits per heavy atom. The number of non-ortho nitro benzene ring substituents is 1. The Morgan fingerprint density at radius 2 is 1.79 bits per heavy atom. The molecule has 29 heavy (non-hydrogen) atoms. The molecule has 0 bridgehead atoms. The van der Waals surface area contributed by atoms with Crippen molar-refractivity contribution in [2.45, 2.75) is 45.2 Å². The molecule has 0 N–H and O–H groups in total. The van der Waals surface area contributed by atoms with E-state index in [1.165, 1.54) is 31.2 Å². The molecule has 156 valence electrons. The summed E-state index contributed by atoms with van der Waals surface area (Å²) in [5.74, 6) is -0.339. The molecule has 0 amide bonds. The lowest BCUT2D eigenvalue weighted by Gasteiger charge is -2.35. The molecular formula is C20H21F3N2O3S. The molecule has 2 aliphatic heterocycles. The van der Waals surface area contributed by atoms with Gasteiger partial charge >= 0.3 is 6.18 Å². The number of ketones is 1. The number of Topliss-reactive ketones (excluding diaryl/α,β-unsaturated/α-hetero) is 1. The van der Waals surface area contributed by atoms with Crippen LogP contribution in [0.15, 0.2) is 45.3 Å². The number of hydrogen-bond acceptors (Lipinski definition) is 5. The quantitative estimate of drug-likeness (QED) is 0.467. The highest BCUT2D eigenvalue weighted by atomic mass is 32.2. The summed E-state index contributed by atoms with van der Waals surface area (Å²) < 4.78 is 41.3. The number of carbonyl (C=O) groups excluding carboxylic acids is 1. The van der Waals surface area contributed by atoms with E-state index >= 15 is 0 Å². The molecule has 1 fully saturated rings. The van der Waals surface area contributed by atoms with Crippen molar-refractivity contribution in [1.82, 2.24) is 4.90 Å². The summed E-state index contributed by atoms with van der Waals surface area (Å²) in [5.41, 5.74) is -0.0320. The van der Waals surface area contributed by atoms with E-state index in [1.807, 2.05) is 4.90 Å². The molecular weight excluding hydrogens is 405 g/mol. The lowest BCUT2D eigenvalue weighted by molar-refractivity contribution is -0.384. The van der Waals surface area contributed by atoms with Crippen molar-refractivity contribution in [3.63, 3.8) is 0 Å². The predicted octanol–water partition coefficient (Wildman–Crippen LogP) is 5.38. The highest BCUT2D eigenvalue weighted by molar-refractivity contribution is 8.06. The zero-order chi connectivity index (χ0) is 21.2. The number of nitro groups is 1. The van der Waals surface area contributed by atoms with Crippen LogP contribution in [-0.2, 0) is 11.2 Å². The second-order valence-electron chi connectivity index (χ2n) is 7.17. The molecule has 0 aromatic heterocycles. The average molecular weight is 426 g/mol. The van der Waals surface area contributed by atoms with E-state index in [9.17, 15) is 28.1 Å². The number of hydrogen-bond donors (Lipinski definition) is 0. The SMILES string of the molecule is CC(=O)C1=C(N2CCCCC2)SC(Cc2ccc([N+](=O)[O-])cc2)=C(C(F)(F)F)C1. The molecule has 1 saturated heterocycles. The summed E-state index contributed by atoms with van der Waals surface area (Å²) in [5, 5.41) is 11.4. The van der Waals surface area contributed by atoms with Gasteiger partial charge in [0.15, 0.2) is 5.78 Å². The van der Waals surface area contributed by atoms with Gasteiger partial charge in [0.05, 0.1) is 9.95 Å². The molecule has 0 radical (unpaired) electrons. The number of halogens is 3. The van der Waals surface area contributed by atoms with Gasteiger partial charge in [0, 0.05) is 54.1 Å². The van der Waals surface area contributed by atoms with Crippen molar-refractivity contribution in [2.75, 3.05) is 13.1 Å².